The van der Waals surface area contributed by atoms with Gasteiger partial charge in [-0.15, -0.1) is 0 Å². The molecule has 39 heavy (non-hydrogen) atoms. The minimum Gasteiger partial charge on any atom is -0.487 e. The number of carbonyl (C=O) groups is 2. The Morgan fingerprint density at radius 3 is 1.33 bits per heavy atom. The van der Waals surface area contributed by atoms with Crippen LogP contribution in [-0.4, -0.2) is 61.9 Å². The van der Waals surface area contributed by atoms with E-state index in [1.807, 2.05) is 24.3 Å². The summed E-state index contributed by atoms with van der Waals surface area (Å²) < 4.78 is 28.4. The molecule has 216 valence electrons. The molecule has 2 aromatic carbocycles. The Bertz CT molecular complexity index is 1010. The van der Waals surface area contributed by atoms with Crippen LogP contribution in [0, 0.1) is 0 Å². The van der Waals surface area contributed by atoms with Crippen LogP contribution in [0.2, 0.25) is 0 Å². The van der Waals surface area contributed by atoms with Gasteiger partial charge >= 0.3 is 0 Å². The smallest absolute Gasteiger partial charge is 0.281 e. The molecule has 0 aromatic heterocycles. The summed E-state index contributed by atoms with van der Waals surface area (Å²) in [5, 5.41) is 17.4. The summed E-state index contributed by atoms with van der Waals surface area (Å²) in [5.74, 6) is 0.304. The summed E-state index contributed by atoms with van der Waals surface area (Å²) in [6.07, 6.45) is 0. The van der Waals surface area contributed by atoms with Crippen molar-refractivity contribution in [3.8, 4) is 23.0 Å². The Balaban J connectivity index is 1.92. The lowest BCUT2D eigenvalue weighted by Gasteiger charge is -2.22. The average Bonchev–Trinajstić information content (AvgIpc) is 2.89. The van der Waals surface area contributed by atoms with Gasteiger partial charge in [-0.1, -0.05) is 53.7 Å². The molecule has 0 radical (unpaired) electrons. The molecular formula is C28H40N2O9. The predicted octanol–water partition coefficient (Wildman–Crippen LogP) is 3.52. The van der Waals surface area contributed by atoms with E-state index in [9.17, 15) is 9.59 Å². The maximum absolute atomic E-state index is 11.4. The van der Waals surface area contributed by atoms with Gasteiger partial charge in [-0.05, 0) is 46.2 Å². The van der Waals surface area contributed by atoms with Crippen molar-refractivity contribution in [2.24, 2.45) is 0 Å². The number of amides is 2. The van der Waals surface area contributed by atoms with Gasteiger partial charge in [0.2, 0.25) is 0 Å². The SMILES string of the molecule is CC(C)(C)c1ccc(OCC(=O)NO)c(OCCOCCOc2cc(C(C)(C)C)ccc2OCC(=O)NO)c1. The van der Waals surface area contributed by atoms with Crippen LogP contribution in [0.15, 0.2) is 36.4 Å². The zero-order chi connectivity index (χ0) is 29.1. The lowest BCUT2D eigenvalue weighted by Crippen LogP contribution is -2.25. The van der Waals surface area contributed by atoms with Crippen molar-refractivity contribution in [3.63, 3.8) is 0 Å². The van der Waals surface area contributed by atoms with Gasteiger partial charge < -0.3 is 23.7 Å². The first-order valence-electron chi connectivity index (χ1n) is 12.6. The lowest BCUT2D eigenvalue weighted by atomic mass is 9.87. The first kappa shape index (κ1) is 31.7. The van der Waals surface area contributed by atoms with Crippen molar-refractivity contribution in [2.45, 2.75) is 52.4 Å². The lowest BCUT2D eigenvalue weighted by molar-refractivity contribution is -0.131. The zero-order valence-corrected chi connectivity index (χ0v) is 23.5. The minimum absolute atomic E-state index is 0.123. The van der Waals surface area contributed by atoms with E-state index in [1.54, 1.807) is 12.1 Å². The van der Waals surface area contributed by atoms with E-state index in [-0.39, 0.29) is 50.5 Å². The molecule has 0 bridgehead atoms. The molecule has 0 heterocycles. The fourth-order valence-electron chi connectivity index (χ4n) is 3.29. The molecule has 4 N–H and O–H groups in total. The maximum Gasteiger partial charge on any atom is 0.281 e. The number of hydroxylamine groups is 2. The quantitative estimate of drug-likeness (QED) is 0.158. The largest absolute Gasteiger partial charge is 0.487 e. The van der Waals surface area contributed by atoms with E-state index in [4.69, 9.17) is 34.1 Å². The third-order valence-electron chi connectivity index (χ3n) is 5.56. The second-order valence-corrected chi connectivity index (χ2v) is 10.8. The normalized spacial score (nSPS) is 11.5. The fraction of sp³-hybridized carbons (Fsp3) is 0.500. The van der Waals surface area contributed by atoms with E-state index in [0.717, 1.165) is 11.1 Å². The average molecular weight is 549 g/mol. The van der Waals surface area contributed by atoms with Crippen LogP contribution in [-0.2, 0) is 25.2 Å². The van der Waals surface area contributed by atoms with Crippen molar-refractivity contribution in [3.05, 3.63) is 47.5 Å². The third kappa shape index (κ3) is 10.6. The Labute approximate surface area is 229 Å². The van der Waals surface area contributed by atoms with Crippen molar-refractivity contribution in [1.29, 1.82) is 0 Å². The van der Waals surface area contributed by atoms with Crippen molar-refractivity contribution >= 4 is 11.8 Å². The third-order valence-corrected chi connectivity index (χ3v) is 5.56. The van der Waals surface area contributed by atoms with E-state index >= 15 is 0 Å². The van der Waals surface area contributed by atoms with Gasteiger partial charge in [0, 0.05) is 0 Å². The highest BCUT2D eigenvalue weighted by atomic mass is 16.6. The van der Waals surface area contributed by atoms with Crippen LogP contribution < -0.4 is 29.9 Å². The first-order chi connectivity index (χ1) is 18.3. The first-order valence-corrected chi connectivity index (χ1v) is 12.6. The van der Waals surface area contributed by atoms with E-state index < -0.39 is 11.8 Å². The summed E-state index contributed by atoms with van der Waals surface area (Å²) in [7, 11) is 0. The number of hydrogen-bond donors (Lipinski definition) is 4. The molecule has 0 spiro atoms. The second-order valence-electron chi connectivity index (χ2n) is 10.8. The maximum atomic E-state index is 11.4. The molecule has 0 fully saturated rings. The molecule has 2 rings (SSSR count). The highest BCUT2D eigenvalue weighted by Crippen LogP contribution is 2.34. The van der Waals surface area contributed by atoms with Crippen molar-refractivity contribution < 1.29 is 43.7 Å². The van der Waals surface area contributed by atoms with Gasteiger partial charge in [-0.25, -0.2) is 11.0 Å². The molecule has 2 amide bonds. The summed E-state index contributed by atoms with van der Waals surface area (Å²) in [6.45, 7) is 12.7. The van der Waals surface area contributed by atoms with Crippen LogP contribution in [0.5, 0.6) is 23.0 Å². The molecule has 0 unspecified atom stereocenters. The number of benzene rings is 2. The predicted molar refractivity (Wildman–Crippen MR) is 143 cm³/mol. The number of carbonyl (C=O) groups excluding carboxylic acids is 2. The van der Waals surface area contributed by atoms with Crippen LogP contribution in [0.25, 0.3) is 0 Å². The van der Waals surface area contributed by atoms with Crippen LogP contribution >= 0.6 is 0 Å². The van der Waals surface area contributed by atoms with Gasteiger partial charge in [0.05, 0.1) is 13.2 Å². The molecule has 11 heteroatoms. The zero-order valence-electron chi connectivity index (χ0n) is 23.5. The highest BCUT2D eigenvalue weighted by molar-refractivity contribution is 5.76. The Morgan fingerprint density at radius 1 is 0.615 bits per heavy atom. The van der Waals surface area contributed by atoms with Crippen molar-refractivity contribution in [2.75, 3.05) is 39.6 Å². The van der Waals surface area contributed by atoms with Gasteiger partial charge in [-0.3, -0.25) is 20.0 Å². The Morgan fingerprint density at radius 2 is 1.00 bits per heavy atom. The molecule has 0 saturated heterocycles. The number of hydrogen-bond acceptors (Lipinski definition) is 9. The van der Waals surface area contributed by atoms with Crippen LogP contribution in [0.4, 0.5) is 0 Å². The van der Waals surface area contributed by atoms with Crippen molar-refractivity contribution in [1.82, 2.24) is 11.0 Å². The van der Waals surface area contributed by atoms with Crippen LogP contribution in [0.3, 0.4) is 0 Å². The molecule has 0 aliphatic rings. The minimum atomic E-state index is -0.678. The summed E-state index contributed by atoms with van der Waals surface area (Å²) in [5.41, 5.74) is 4.86. The highest BCUT2D eigenvalue weighted by Gasteiger charge is 2.19. The molecule has 0 aliphatic heterocycles. The Hall–Kier alpha value is -3.54. The number of nitrogens with one attached hydrogen (secondary N) is 2. The van der Waals surface area contributed by atoms with E-state index in [1.165, 1.54) is 11.0 Å². The van der Waals surface area contributed by atoms with Crippen LogP contribution in [0.1, 0.15) is 52.7 Å². The van der Waals surface area contributed by atoms with E-state index in [0.29, 0.717) is 23.0 Å². The van der Waals surface area contributed by atoms with Gasteiger partial charge in [0.25, 0.3) is 11.8 Å². The molecule has 2 aromatic rings. The van der Waals surface area contributed by atoms with Gasteiger partial charge in [0.1, 0.15) is 13.2 Å². The standard InChI is InChI=1S/C28H40N2O9/c1-27(2,3)19-7-9-21(38-17-25(31)29-33)23(15-19)36-13-11-35-12-14-37-24-16-20(28(4,5)6)8-10-22(24)39-18-26(32)30-34/h7-10,15-16,33-34H,11-14,17-18H2,1-6H3,(H,29,31)(H,30,32). The Kier molecular flexibility index (Phi) is 11.8. The molecule has 11 nitrogen and oxygen atoms in total. The second kappa shape index (κ2) is 14.6. The van der Waals surface area contributed by atoms with E-state index in [2.05, 4.69) is 41.5 Å². The summed E-state index contributed by atoms with van der Waals surface area (Å²) >= 11 is 0. The fourth-order valence-corrected chi connectivity index (χ4v) is 3.29. The molecule has 0 aliphatic carbocycles. The number of rotatable bonds is 14. The molecule has 0 atom stereocenters. The molecule has 0 saturated carbocycles. The summed E-state index contributed by atoms with van der Waals surface area (Å²) in [4.78, 5) is 22.7. The van der Waals surface area contributed by atoms with Gasteiger partial charge in [0.15, 0.2) is 36.2 Å². The van der Waals surface area contributed by atoms with Gasteiger partial charge in [-0.2, -0.15) is 0 Å². The molecular weight excluding hydrogens is 508 g/mol. The topological polar surface area (TPSA) is 145 Å². The monoisotopic (exact) mass is 548 g/mol. The summed E-state index contributed by atoms with van der Waals surface area (Å²) in [6, 6.07) is 11.0. The number of ether oxygens (including phenoxy) is 5.